The van der Waals surface area contributed by atoms with Crippen molar-refractivity contribution in [3.63, 3.8) is 0 Å². The molecule has 2 aromatic carbocycles. The van der Waals surface area contributed by atoms with E-state index in [-0.39, 0.29) is 22.9 Å². The molecule has 1 aromatic heterocycles. The molecule has 1 N–H and O–H groups in total. The molecule has 0 saturated carbocycles. The van der Waals surface area contributed by atoms with Crippen LogP contribution in [0.5, 0.6) is 5.75 Å². The summed E-state index contributed by atoms with van der Waals surface area (Å²) in [6.45, 7) is 2.95. The van der Waals surface area contributed by atoms with Gasteiger partial charge in [0.05, 0.1) is 17.5 Å². The van der Waals surface area contributed by atoms with Gasteiger partial charge in [0.15, 0.2) is 0 Å². The van der Waals surface area contributed by atoms with E-state index >= 15 is 0 Å². The Morgan fingerprint density at radius 3 is 2.42 bits per heavy atom. The maximum atomic E-state index is 13.1. The number of amides is 1. The summed E-state index contributed by atoms with van der Waals surface area (Å²) < 4.78 is 34.2. The maximum absolute atomic E-state index is 13.1. The van der Waals surface area contributed by atoms with E-state index in [4.69, 9.17) is 4.74 Å². The molecule has 0 radical (unpaired) electrons. The van der Waals surface area contributed by atoms with E-state index in [9.17, 15) is 18.0 Å². The molecule has 0 spiro atoms. The molecule has 1 saturated heterocycles. The third-order valence-electron chi connectivity index (χ3n) is 6.02. The number of ether oxygens (including phenoxy) is 1. The summed E-state index contributed by atoms with van der Waals surface area (Å²) in [6, 6.07) is 14.5. The van der Waals surface area contributed by atoms with Crippen molar-refractivity contribution in [1.29, 1.82) is 0 Å². The second-order valence-electron chi connectivity index (χ2n) is 8.34. The Hall–Kier alpha value is -3.17. The van der Waals surface area contributed by atoms with Gasteiger partial charge in [-0.05, 0) is 72.7 Å². The van der Waals surface area contributed by atoms with E-state index in [2.05, 4.69) is 12.2 Å². The Morgan fingerprint density at radius 1 is 1.06 bits per heavy atom. The highest BCUT2D eigenvalue weighted by molar-refractivity contribution is 7.89. The van der Waals surface area contributed by atoms with Gasteiger partial charge in [-0.2, -0.15) is 4.31 Å². The van der Waals surface area contributed by atoms with Crippen LogP contribution < -0.4 is 15.6 Å². The smallest absolute Gasteiger partial charge is 0.251 e. The molecule has 33 heavy (non-hydrogen) atoms. The highest BCUT2D eigenvalue weighted by atomic mass is 32.2. The summed E-state index contributed by atoms with van der Waals surface area (Å²) >= 11 is 0. The van der Waals surface area contributed by atoms with Gasteiger partial charge in [0, 0.05) is 24.8 Å². The minimum atomic E-state index is -3.61. The number of carbonyl (C=O) groups is 1. The molecule has 0 bridgehead atoms. The van der Waals surface area contributed by atoms with Crippen molar-refractivity contribution in [3.05, 3.63) is 65.0 Å². The fraction of sp³-hybridized carbons (Fsp3) is 0.333. The number of benzene rings is 2. The highest BCUT2D eigenvalue weighted by Gasteiger charge is 2.28. The largest absolute Gasteiger partial charge is 0.497 e. The van der Waals surface area contributed by atoms with E-state index in [1.54, 1.807) is 49.6 Å². The molecular weight excluding hydrogens is 442 g/mol. The second-order valence-corrected chi connectivity index (χ2v) is 10.3. The predicted octanol–water partition coefficient (Wildman–Crippen LogP) is 3.07. The average Bonchev–Trinajstić information content (AvgIpc) is 2.81. The number of anilines is 1. The zero-order valence-electron chi connectivity index (χ0n) is 18.7. The van der Waals surface area contributed by atoms with Gasteiger partial charge in [-0.15, -0.1) is 0 Å². The standard InChI is InChI=1S/C24H27N3O5S/c1-17-11-13-26(14-12-17)33(30,31)21-8-9-22-18(15-21)3-10-24(29)27(22)16-23(28)25-19-4-6-20(32-2)7-5-19/h3-10,15,17H,11-14,16H2,1-2H3,(H,25,28). The van der Waals surface area contributed by atoms with Crippen LogP contribution in [0.4, 0.5) is 5.69 Å². The first kappa shape index (κ1) is 23.0. The Kier molecular flexibility index (Phi) is 6.53. The van der Waals surface area contributed by atoms with Crippen molar-refractivity contribution in [2.75, 3.05) is 25.5 Å². The van der Waals surface area contributed by atoms with Crippen molar-refractivity contribution in [2.45, 2.75) is 31.2 Å². The highest BCUT2D eigenvalue weighted by Crippen LogP contribution is 2.25. The lowest BCUT2D eigenvalue weighted by molar-refractivity contribution is -0.116. The van der Waals surface area contributed by atoms with Crippen molar-refractivity contribution < 1.29 is 17.9 Å². The van der Waals surface area contributed by atoms with E-state index in [1.807, 2.05) is 0 Å². The molecule has 1 aliphatic rings. The van der Waals surface area contributed by atoms with Crippen molar-refractivity contribution >= 4 is 32.5 Å². The Bertz CT molecular complexity index is 1320. The van der Waals surface area contributed by atoms with E-state index in [1.165, 1.54) is 21.0 Å². The zero-order chi connectivity index (χ0) is 23.6. The first-order valence-electron chi connectivity index (χ1n) is 10.9. The number of piperidine rings is 1. The summed E-state index contributed by atoms with van der Waals surface area (Å²) in [4.78, 5) is 25.3. The molecule has 0 atom stereocenters. The lowest BCUT2D eigenvalue weighted by Crippen LogP contribution is -2.37. The Labute approximate surface area is 192 Å². The lowest BCUT2D eigenvalue weighted by atomic mass is 10.0. The zero-order valence-corrected chi connectivity index (χ0v) is 19.5. The summed E-state index contributed by atoms with van der Waals surface area (Å²) in [5.41, 5.74) is 0.741. The summed E-state index contributed by atoms with van der Waals surface area (Å²) in [7, 11) is -2.05. The molecule has 4 rings (SSSR count). The molecule has 0 aliphatic carbocycles. The number of pyridine rings is 1. The van der Waals surface area contributed by atoms with Crippen LogP contribution in [-0.4, -0.2) is 43.4 Å². The van der Waals surface area contributed by atoms with Crippen LogP contribution in [0.3, 0.4) is 0 Å². The summed E-state index contributed by atoms with van der Waals surface area (Å²) in [5, 5.41) is 3.34. The number of methoxy groups -OCH3 is 1. The maximum Gasteiger partial charge on any atom is 0.251 e. The summed E-state index contributed by atoms with van der Waals surface area (Å²) in [5.74, 6) is 0.823. The van der Waals surface area contributed by atoms with Crippen molar-refractivity contribution in [3.8, 4) is 5.75 Å². The van der Waals surface area contributed by atoms with Gasteiger partial charge in [-0.25, -0.2) is 8.42 Å². The van der Waals surface area contributed by atoms with Crippen LogP contribution in [0.25, 0.3) is 10.9 Å². The second kappa shape index (κ2) is 9.36. The van der Waals surface area contributed by atoms with Gasteiger partial charge in [-0.3, -0.25) is 14.2 Å². The molecule has 1 aliphatic heterocycles. The minimum Gasteiger partial charge on any atom is -0.497 e. The summed E-state index contributed by atoms with van der Waals surface area (Å²) in [6.07, 6.45) is 1.69. The first-order valence-corrected chi connectivity index (χ1v) is 12.3. The number of carbonyl (C=O) groups excluding carboxylic acids is 1. The minimum absolute atomic E-state index is 0.192. The number of aromatic nitrogens is 1. The number of nitrogens with one attached hydrogen (secondary N) is 1. The molecule has 1 amide bonds. The predicted molar refractivity (Wildman–Crippen MR) is 127 cm³/mol. The Morgan fingerprint density at radius 2 is 1.76 bits per heavy atom. The third-order valence-corrected chi connectivity index (χ3v) is 7.91. The molecule has 0 unspecified atom stereocenters. The fourth-order valence-corrected chi connectivity index (χ4v) is 5.50. The van der Waals surface area contributed by atoms with Crippen LogP contribution in [-0.2, 0) is 21.4 Å². The third kappa shape index (κ3) is 4.94. The van der Waals surface area contributed by atoms with Gasteiger partial charge < -0.3 is 10.1 Å². The van der Waals surface area contributed by atoms with Gasteiger partial charge >= 0.3 is 0 Å². The average molecular weight is 470 g/mol. The van der Waals surface area contributed by atoms with Gasteiger partial charge in [0.25, 0.3) is 5.56 Å². The van der Waals surface area contributed by atoms with Crippen LogP contribution in [0.15, 0.2) is 64.3 Å². The van der Waals surface area contributed by atoms with E-state index < -0.39 is 10.0 Å². The molecule has 9 heteroatoms. The number of sulfonamides is 1. The van der Waals surface area contributed by atoms with Gasteiger partial charge in [0.1, 0.15) is 12.3 Å². The van der Waals surface area contributed by atoms with Crippen molar-refractivity contribution in [2.24, 2.45) is 5.92 Å². The van der Waals surface area contributed by atoms with Crippen LogP contribution >= 0.6 is 0 Å². The van der Waals surface area contributed by atoms with Crippen LogP contribution in [0.1, 0.15) is 19.8 Å². The molecule has 1 fully saturated rings. The van der Waals surface area contributed by atoms with Crippen LogP contribution in [0.2, 0.25) is 0 Å². The molecule has 2 heterocycles. The van der Waals surface area contributed by atoms with Crippen LogP contribution in [0, 0.1) is 5.92 Å². The quantitative estimate of drug-likeness (QED) is 0.598. The topological polar surface area (TPSA) is 97.7 Å². The van der Waals surface area contributed by atoms with E-state index in [0.717, 1.165) is 12.8 Å². The van der Waals surface area contributed by atoms with Gasteiger partial charge in [0.2, 0.25) is 15.9 Å². The number of fused-ring (bicyclic) bond motifs is 1. The van der Waals surface area contributed by atoms with E-state index in [0.29, 0.717) is 41.3 Å². The molecule has 174 valence electrons. The number of nitrogens with zero attached hydrogens (tertiary/aromatic N) is 2. The molecule has 8 nitrogen and oxygen atoms in total. The SMILES string of the molecule is COc1ccc(NC(=O)Cn2c(=O)ccc3cc(S(=O)(=O)N4CCC(C)CC4)ccc32)cc1. The Balaban J connectivity index is 1.58. The normalized spacial score (nSPS) is 15.5. The van der Waals surface area contributed by atoms with Gasteiger partial charge in [-0.1, -0.05) is 6.92 Å². The number of rotatable bonds is 6. The first-order chi connectivity index (χ1) is 15.8. The monoisotopic (exact) mass is 469 g/mol. The number of hydrogen-bond donors (Lipinski definition) is 1. The molecule has 3 aromatic rings. The lowest BCUT2D eigenvalue weighted by Gasteiger charge is -2.29. The molecular formula is C24H27N3O5S. The fourth-order valence-electron chi connectivity index (χ4n) is 4.00. The number of hydrogen-bond acceptors (Lipinski definition) is 5. The van der Waals surface area contributed by atoms with Crippen molar-refractivity contribution in [1.82, 2.24) is 8.87 Å².